The Hall–Kier alpha value is -1.44. The SMILES string of the molecule is CCOC(=O)c1ccc(S(=O)(=O)N2C[C@H](C)OC[C@@H]2C)cc1. The first-order valence-electron chi connectivity index (χ1n) is 7.27. The van der Waals surface area contributed by atoms with Gasteiger partial charge in [-0.15, -0.1) is 0 Å². The lowest BCUT2D eigenvalue weighted by molar-refractivity contribution is -0.0170. The molecule has 0 saturated carbocycles. The fraction of sp³-hybridized carbons (Fsp3) is 0.533. The van der Waals surface area contributed by atoms with Crippen LogP contribution in [-0.2, 0) is 19.5 Å². The minimum atomic E-state index is -3.60. The third kappa shape index (κ3) is 3.48. The second-order valence-electron chi connectivity index (χ2n) is 5.31. The lowest BCUT2D eigenvalue weighted by Crippen LogP contribution is -2.50. The summed E-state index contributed by atoms with van der Waals surface area (Å²) >= 11 is 0. The average molecular weight is 327 g/mol. The number of ether oxygens (including phenoxy) is 2. The molecule has 122 valence electrons. The second kappa shape index (κ2) is 6.76. The molecule has 22 heavy (non-hydrogen) atoms. The minimum absolute atomic E-state index is 0.134. The Balaban J connectivity index is 2.24. The van der Waals surface area contributed by atoms with Gasteiger partial charge in [-0.3, -0.25) is 0 Å². The lowest BCUT2D eigenvalue weighted by atomic mass is 10.2. The van der Waals surface area contributed by atoms with Crippen LogP contribution in [0.15, 0.2) is 29.2 Å². The van der Waals surface area contributed by atoms with E-state index in [0.717, 1.165) is 0 Å². The largest absolute Gasteiger partial charge is 0.462 e. The molecular weight excluding hydrogens is 306 g/mol. The number of morpholine rings is 1. The number of benzene rings is 1. The molecule has 7 heteroatoms. The summed E-state index contributed by atoms with van der Waals surface area (Å²) in [4.78, 5) is 11.8. The maximum Gasteiger partial charge on any atom is 0.338 e. The molecule has 2 rings (SSSR count). The standard InChI is InChI=1S/C15H21NO5S/c1-4-20-15(17)13-5-7-14(8-6-13)22(18,19)16-9-12(3)21-10-11(16)2/h5-8,11-12H,4,9-10H2,1-3H3/t11-,12-/m0/s1. The molecule has 1 aromatic carbocycles. The molecule has 0 radical (unpaired) electrons. The van der Waals surface area contributed by atoms with E-state index in [9.17, 15) is 13.2 Å². The monoisotopic (exact) mass is 327 g/mol. The van der Waals surface area contributed by atoms with Crippen LogP contribution in [0.5, 0.6) is 0 Å². The third-order valence-electron chi connectivity index (χ3n) is 3.52. The summed E-state index contributed by atoms with van der Waals surface area (Å²) in [5, 5.41) is 0. The first-order chi connectivity index (χ1) is 10.4. The Bertz CT molecular complexity index is 626. The summed E-state index contributed by atoms with van der Waals surface area (Å²) in [7, 11) is -3.60. The summed E-state index contributed by atoms with van der Waals surface area (Å²) in [6, 6.07) is 5.60. The summed E-state index contributed by atoms with van der Waals surface area (Å²) < 4.78 is 37.2. The van der Waals surface area contributed by atoms with Gasteiger partial charge in [0.2, 0.25) is 10.0 Å². The Kier molecular flexibility index (Phi) is 5.20. The Morgan fingerprint density at radius 3 is 2.55 bits per heavy atom. The molecular formula is C15H21NO5S. The fourth-order valence-corrected chi connectivity index (χ4v) is 4.01. The summed E-state index contributed by atoms with van der Waals surface area (Å²) in [5.41, 5.74) is 0.337. The topological polar surface area (TPSA) is 72.9 Å². The van der Waals surface area contributed by atoms with Gasteiger partial charge in [0.15, 0.2) is 0 Å². The summed E-state index contributed by atoms with van der Waals surface area (Å²) in [5.74, 6) is -0.459. The number of nitrogens with zero attached hydrogens (tertiary/aromatic N) is 1. The van der Waals surface area contributed by atoms with Crippen LogP contribution in [0.3, 0.4) is 0 Å². The van der Waals surface area contributed by atoms with E-state index >= 15 is 0 Å². The zero-order valence-corrected chi connectivity index (χ0v) is 13.8. The quantitative estimate of drug-likeness (QED) is 0.787. The van der Waals surface area contributed by atoms with Gasteiger partial charge >= 0.3 is 5.97 Å². The molecule has 1 aliphatic rings. The molecule has 1 heterocycles. The second-order valence-corrected chi connectivity index (χ2v) is 7.20. The van der Waals surface area contributed by atoms with Crippen molar-refractivity contribution < 1.29 is 22.7 Å². The van der Waals surface area contributed by atoms with Crippen LogP contribution in [0.4, 0.5) is 0 Å². The molecule has 1 saturated heterocycles. The van der Waals surface area contributed by atoms with Gasteiger partial charge in [0.25, 0.3) is 0 Å². The van der Waals surface area contributed by atoms with E-state index in [1.165, 1.54) is 28.6 Å². The van der Waals surface area contributed by atoms with Gasteiger partial charge in [-0.05, 0) is 45.0 Å². The van der Waals surface area contributed by atoms with Crippen LogP contribution in [0.1, 0.15) is 31.1 Å². The van der Waals surface area contributed by atoms with Gasteiger partial charge in [0.1, 0.15) is 0 Å². The number of esters is 1. The minimum Gasteiger partial charge on any atom is -0.462 e. The van der Waals surface area contributed by atoms with Crippen LogP contribution < -0.4 is 0 Å². The number of carbonyl (C=O) groups is 1. The molecule has 0 aromatic heterocycles. The van der Waals surface area contributed by atoms with Gasteiger partial charge in [-0.2, -0.15) is 4.31 Å². The average Bonchev–Trinajstić information content (AvgIpc) is 2.50. The molecule has 0 N–H and O–H groups in total. The highest BCUT2D eigenvalue weighted by Gasteiger charge is 2.34. The molecule has 1 aliphatic heterocycles. The zero-order chi connectivity index (χ0) is 16.3. The van der Waals surface area contributed by atoms with Gasteiger partial charge in [0.05, 0.1) is 29.8 Å². The van der Waals surface area contributed by atoms with Gasteiger partial charge in [0, 0.05) is 12.6 Å². The van der Waals surface area contributed by atoms with Crippen molar-refractivity contribution in [1.82, 2.24) is 4.31 Å². The van der Waals surface area contributed by atoms with E-state index < -0.39 is 16.0 Å². The molecule has 2 atom stereocenters. The molecule has 0 aliphatic carbocycles. The van der Waals surface area contributed by atoms with E-state index in [-0.39, 0.29) is 23.6 Å². The van der Waals surface area contributed by atoms with Crippen LogP contribution in [0.2, 0.25) is 0 Å². The highest BCUT2D eigenvalue weighted by Crippen LogP contribution is 2.22. The Labute approximate surface area is 131 Å². The van der Waals surface area contributed by atoms with E-state index in [4.69, 9.17) is 9.47 Å². The number of hydrogen-bond acceptors (Lipinski definition) is 5. The Morgan fingerprint density at radius 2 is 1.95 bits per heavy atom. The maximum absolute atomic E-state index is 12.7. The van der Waals surface area contributed by atoms with E-state index in [1.807, 2.05) is 13.8 Å². The first-order valence-corrected chi connectivity index (χ1v) is 8.71. The zero-order valence-electron chi connectivity index (χ0n) is 13.0. The molecule has 0 unspecified atom stereocenters. The molecule has 1 aromatic rings. The Morgan fingerprint density at radius 1 is 1.32 bits per heavy atom. The lowest BCUT2D eigenvalue weighted by Gasteiger charge is -2.35. The van der Waals surface area contributed by atoms with Crippen molar-refractivity contribution in [3.63, 3.8) is 0 Å². The number of sulfonamides is 1. The van der Waals surface area contributed by atoms with Crippen molar-refractivity contribution in [2.45, 2.75) is 37.8 Å². The maximum atomic E-state index is 12.7. The van der Waals surface area contributed by atoms with Crippen molar-refractivity contribution >= 4 is 16.0 Å². The molecule has 6 nitrogen and oxygen atoms in total. The van der Waals surface area contributed by atoms with Crippen molar-refractivity contribution in [2.24, 2.45) is 0 Å². The smallest absolute Gasteiger partial charge is 0.338 e. The normalized spacial score (nSPS) is 23.2. The van der Waals surface area contributed by atoms with Crippen LogP contribution >= 0.6 is 0 Å². The van der Waals surface area contributed by atoms with E-state index in [0.29, 0.717) is 18.7 Å². The van der Waals surface area contributed by atoms with Crippen LogP contribution in [0, 0.1) is 0 Å². The van der Waals surface area contributed by atoms with Crippen LogP contribution in [0.25, 0.3) is 0 Å². The van der Waals surface area contributed by atoms with E-state index in [2.05, 4.69) is 0 Å². The predicted octanol–water partition coefficient (Wildman–Crippen LogP) is 1.66. The van der Waals surface area contributed by atoms with Crippen molar-refractivity contribution in [3.8, 4) is 0 Å². The number of rotatable bonds is 4. The van der Waals surface area contributed by atoms with E-state index in [1.54, 1.807) is 6.92 Å². The molecule has 0 amide bonds. The van der Waals surface area contributed by atoms with Gasteiger partial charge in [-0.1, -0.05) is 0 Å². The van der Waals surface area contributed by atoms with Crippen molar-refractivity contribution in [1.29, 1.82) is 0 Å². The number of hydrogen-bond donors (Lipinski definition) is 0. The van der Waals surface area contributed by atoms with Gasteiger partial charge in [-0.25, -0.2) is 13.2 Å². The van der Waals surface area contributed by atoms with Crippen molar-refractivity contribution in [2.75, 3.05) is 19.8 Å². The van der Waals surface area contributed by atoms with Gasteiger partial charge < -0.3 is 9.47 Å². The third-order valence-corrected chi connectivity index (χ3v) is 5.52. The highest BCUT2D eigenvalue weighted by atomic mass is 32.2. The molecule has 0 spiro atoms. The first kappa shape index (κ1) is 16.9. The summed E-state index contributed by atoms with van der Waals surface area (Å²) in [6.07, 6.45) is -0.134. The number of carbonyl (C=O) groups excluding carboxylic acids is 1. The summed E-state index contributed by atoms with van der Waals surface area (Å²) in [6.45, 7) is 6.36. The van der Waals surface area contributed by atoms with Crippen molar-refractivity contribution in [3.05, 3.63) is 29.8 Å². The molecule has 1 fully saturated rings. The highest BCUT2D eigenvalue weighted by molar-refractivity contribution is 7.89. The van der Waals surface area contributed by atoms with Crippen LogP contribution in [-0.4, -0.2) is 50.6 Å². The predicted molar refractivity (Wildman–Crippen MR) is 81.2 cm³/mol. The molecule has 0 bridgehead atoms. The fourth-order valence-electron chi connectivity index (χ4n) is 2.32.